The fourth-order valence-corrected chi connectivity index (χ4v) is 6.97. The van der Waals surface area contributed by atoms with Crippen molar-refractivity contribution in [2.45, 2.75) is 77.2 Å². The molecule has 0 saturated carbocycles. The van der Waals surface area contributed by atoms with E-state index < -0.39 is 41.7 Å². The number of alkyl carbamates (subject to hydrolysis) is 1. The Balaban J connectivity index is 1.25. The summed E-state index contributed by atoms with van der Waals surface area (Å²) in [4.78, 5) is 55.2. The molecule has 1 saturated heterocycles. The number of anilines is 1. The number of H-pyrrole nitrogens is 1. The Morgan fingerprint density at radius 3 is 2.25 bits per heavy atom. The third-order valence-corrected chi connectivity index (χ3v) is 9.90. The number of benzene rings is 3. The van der Waals surface area contributed by atoms with Crippen LogP contribution in [0, 0.1) is 13.8 Å². The molecule has 3 heterocycles. The molecular weight excluding hydrogens is 713 g/mol. The van der Waals surface area contributed by atoms with Gasteiger partial charge in [0.25, 0.3) is 0 Å². The minimum Gasteiger partial charge on any atom is -0.480 e. The van der Waals surface area contributed by atoms with Crippen LogP contribution in [0.1, 0.15) is 72.8 Å². The minimum absolute atomic E-state index is 0.201. The smallest absolute Gasteiger partial charge is 0.411 e. The Morgan fingerprint density at radius 1 is 0.964 bits per heavy atom. The molecule has 3 N–H and O–H groups in total. The number of ether oxygens (including phenoxy) is 4. The molecule has 1 aliphatic heterocycles. The van der Waals surface area contributed by atoms with Gasteiger partial charge in [0.1, 0.15) is 29.2 Å². The number of aryl methyl sites for hydroxylation is 3. The van der Waals surface area contributed by atoms with Crippen molar-refractivity contribution in [3.8, 4) is 5.88 Å². The summed E-state index contributed by atoms with van der Waals surface area (Å²) in [6, 6.07) is 23.3. The summed E-state index contributed by atoms with van der Waals surface area (Å²) in [5.41, 5.74) is 6.01. The number of hydrogen-bond acceptors (Lipinski definition) is 9. The molecule has 0 unspecified atom stereocenters. The van der Waals surface area contributed by atoms with E-state index in [-0.39, 0.29) is 25.1 Å². The highest BCUT2D eigenvalue weighted by molar-refractivity contribution is 5.99. The zero-order valence-electron chi connectivity index (χ0n) is 32.9. The van der Waals surface area contributed by atoms with Crippen molar-refractivity contribution in [1.82, 2.24) is 25.2 Å². The number of carbonyl (C=O) groups is 3. The van der Waals surface area contributed by atoms with E-state index in [9.17, 15) is 14.4 Å². The van der Waals surface area contributed by atoms with Gasteiger partial charge in [-0.2, -0.15) is 0 Å². The second-order valence-corrected chi connectivity index (χ2v) is 15.0. The van der Waals surface area contributed by atoms with Gasteiger partial charge in [-0.15, -0.1) is 0 Å². The number of rotatable bonds is 11. The number of carbonyl (C=O) groups excluding carboxylic acids is 3. The molecule has 0 spiro atoms. The Kier molecular flexibility index (Phi) is 12.2. The molecule has 1 aliphatic rings. The highest BCUT2D eigenvalue weighted by Gasteiger charge is 2.38. The molecule has 3 atom stereocenters. The van der Waals surface area contributed by atoms with Crippen LogP contribution in [0.25, 0.3) is 11.0 Å². The summed E-state index contributed by atoms with van der Waals surface area (Å²) in [7, 11) is 2.73. The quantitative estimate of drug-likeness (QED) is 0.125. The summed E-state index contributed by atoms with van der Waals surface area (Å²) in [5.74, 6) is -0.230. The third-order valence-electron chi connectivity index (χ3n) is 9.90. The molecule has 13 heteroatoms. The SMILES string of the molecule is COC(=O)N[C@H](C(=O)Nc1c(CC[C@@H]2CN(C(=O)OC(C)(C)C)[C@H](c3nc4cc(C)c(C)cc4[nH]3)CO2)ccnc1OC)C(c1ccccc1)c1ccccc1. The van der Waals surface area contributed by atoms with Crippen molar-refractivity contribution >= 4 is 34.8 Å². The number of imidazole rings is 1. The maximum absolute atomic E-state index is 14.4. The van der Waals surface area contributed by atoms with Crippen molar-refractivity contribution in [2.24, 2.45) is 0 Å². The van der Waals surface area contributed by atoms with Crippen LogP contribution in [0.2, 0.25) is 0 Å². The van der Waals surface area contributed by atoms with Gasteiger partial charge in [0.2, 0.25) is 11.8 Å². The van der Waals surface area contributed by atoms with Gasteiger partial charge < -0.3 is 34.6 Å². The number of fused-ring (bicyclic) bond motifs is 1. The molecule has 2 aromatic heterocycles. The third kappa shape index (κ3) is 9.28. The number of hydrogen-bond donors (Lipinski definition) is 3. The predicted molar refractivity (Wildman–Crippen MR) is 213 cm³/mol. The zero-order chi connectivity index (χ0) is 40.0. The van der Waals surface area contributed by atoms with Crippen molar-refractivity contribution < 1.29 is 33.3 Å². The van der Waals surface area contributed by atoms with Crippen LogP contribution in [0.4, 0.5) is 15.3 Å². The Morgan fingerprint density at radius 2 is 1.62 bits per heavy atom. The molecule has 6 rings (SSSR count). The van der Waals surface area contributed by atoms with Gasteiger partial charge in [0.15, 0.2) is 0 Å². The minimum atomic E-state index is -1.09. The van der Waals surface area contributed by atoms with Crippen LogP contribution in [0.3, 0.4) is 0 Å². The van der Waals surface area contributed by atoms with Gasteiger partial charge in [-0.05, 0) is 93.5 Å². The van der Waals surface area contributed by atoms with Gasteiger partial charge in [-0.25, -0.2) is 19.6 Å². The fraction of sp³-hybridized carbons (Fsp3) is 0.372. The molecule has 3 aromatic carbocycles. The second kappa shape index (κ2) is 17.2. The van der Waals surface area contributed by atoms with Crippen LogP contribution in [0.15, 0.2) is 85.1 Å². The maximum atomic E-state index is 14.4. The molecule has 294 valence electrons. The lowest BCUT2D eigenvalue weighted by atomic mass is 9.84. The van der Waals surface area contributed by atoms with Crippen LogP contribution in [-0.4, -0.2) is 83.1 Å². The van der Waals surface area contributed by atoms with Crippen LogP contribution in [-0.2, 0) is 25.4 Å². The summed E-state index contributed by atoms with van der Waals surface area (Å²) in [6.07, 6.45) is 0.949. The highest BCUT2D eigenvalue weighted by atomic mass is 16.6. The molecule has 3 amide bonds. The molecule has 5 aromatic rings. The number of methoxy groups -OCH3 is 2. The van der Waals surface area contributed by atoms with Gasteiger partial charge in [-0.1, -0.05) is 60.7 Å². The first-order chi connectivity index (χ1) is 26.8. The topological polar surface area (TPSA) is 157 Å². The number of aromatic amines is 1. The van der Waals surface area contributed by atoms with Crippen LogP contribution in [0.5, 0.6) is 5.88 Å². The summed E-state index contributed by atoms with van der Waals surface area (Å²) < 4.78 is 22.9. The van der Waals surface area contributed by atoms with Gasteiger partial charge >= 0.3 is 12.2 Å². The van der Waals surface area contributed by atoms with E-state index in [1.165, 1.54) is 14.2 Å². The Labute approximate surface area is 327 Å². The average Bonchev–Trinajstić information content (AvgIpc) is 3.59. The van der Waals surface area contributed by atoms with E-state index in [1.54, 1.807) is 11.1 Å². The second-order valence-electron chi connectivity index (χ2n) is 15.0. The van der Waals surface area contributed by atoms with Gasteiger partial charge in [0.05, 0.1) is 44.5 Å². The van der Waals surface area contributed by atoms with Gasteiger partial charge in [-0.3, -0.25) is 9.69 Å². The van der Waals surface area contributed by atoms with Crippen molar-refractivity contribution in [3.05, 3.63) is 119 Å². The highest BCUT2D eigenvalue weighted by Crippen LogP contribution is 2.34. The molecule has 0 aliphatic carbocycles. The van der Waals surface area contributed by atoms with Gasteiger partial charge in [0, 0.05) is 12.1 Å². The number of amides is 3. The van der Waals surface area contributed by atoms with Crippen LogP contribution < -0.4 is 15.4 Å². The van der Waals surface area contributed by atoms with E-state index in [4.69, 9.17) is 23.9 Å². The average molecular weight is 763 g/mol. The molecule has 1 fully saturated rings. The lowest BCUT2D eigenvalue weighted by Crippen LogP contribution is -2.49. The molecular formula is C43H50N6O7. The van der Waals surface area contributed by atoms with E-state index >= 15 is 0 Å². The molecule has 13 nitrogen and oxygen atoms in total. The number of morpholine rings is 1. The summed E-state index contributed by atoms with van der Waals surface area (Å²) in [6.45, 7) is 10.1. The Bertz CT molecular complexity index is 2070. The van der Waals surface area contributed by atoms with Crippen molar-refractivity contribution in [1.29, 1.82) is 0 Å². The predicted octanol–water partition coefficient (Wildman–Crippen LogP) is 7.39. The first kappa shape index (κ1) is 39.7. The summed E-state index contributed by atoms with van der Waals surface area (Å²) >= 11 is 0. The van der Waals surface area contributed by atoms with E-state index in [0.717, 1.165) is 38.9 Å². The monoisotopic (exact) mass is 762 g/mol. The normalized spacial score (nSPS) is 16.3. The van der Waals surface area contributed by atoms with Crippen LogP contribution >= 0.6 is 0 Å². The largest absolute Gasteiger partial charge is 0.480 e. The number of pyridine rings is 1. The maximum Gasteiger partial charge on any atom is 0.411 e. The first-order valence-electron chi connectivity index (χ1n) is 18.7. The van der Waals surface area contributed by atoms with Crippen molar-refractivity contribution in [2.75, 3.05) is 32.7 Å². The number of aromatic nitrogens is 3. The Hall–Kier alpha value is -5.95. The van der Waals surface area contributed by atoms with E-state index in [1.807, 2.05) is 100 Å². The number of nitrogens with one attached hydrogen (secondary N) is 3. The zero-order valence-corrected chi connectivity index (χ0v) is 32.9. The molecule has 0 bridgehead atoms. The fourth-order valence-electron chi connectivity index (χ4n) is 6.97. The standard InChI is InChI=1S/C43H50N6O7/c1-26-22-32-33(23-27(26)2)46-38(45-32)34-25-55-31(24-49(34)42(52)56-43(3,4)5)19-18-30-20-21-44-40(53-6)36(30)47-39(50)37(48-41(51)54-7)35(28-14-10-8-11-15-28)29-16-12-9-13-17-29/h8-17,20-23,31,34-35,37H,18-19,24-25H2,1-7H3,(H,45,46)(H,47,50)(H,48,51)/t31-,34+,37+/m1/s1. The first-order valence-corrected chi connectivity index (χ1v) is 18.7. The van der Waals surface area contributed by atoms with E-state index in [2.05, 4.69) is 33.6 Å². The van der Waals surface area contributed by atoms with E-state index in [0.29, 0.717) is 24.4 Å². The number of nitrogens with zero attached hydrogens (tertiary/aromatic N) is 3. The molecule has 56 heavy (non-hydrogen) atoms. The lowest BCUT2D eigenvalue weighted by Gasteiger charge is -2.39. The molecule has 0 radical (unpaired) electrons. The van der Waals surface area contributed by atoms with Crippen molar-refractivity contribution in [3.63, 3.8) is 0 Å². The lowest BCUT2D eigenvalue weighted by molar-refractivity contribution is -0.118. The summed E-state index contributed by atoms with van der Waals surface area (Å²) in [5, 5.41) is 5.81.